The lowest BCUT2D eigenvalue weighted by Gasteiger charge is -2.32. The highest BCUT2D eigenvalue weighted by atomic mass is 32.2. The summed E-state index contributed by atoms with van der Waals surface area (Å²) in [7, 11) is -3.76. The number of amidine groups is 1. The van der Waals surface area contributed by atoms with Gasteiger partial charge in [-0.25, -0.2) is 0 Å². The maximum atomic E-state index is 12.6. The average molecular weight is 351 g/mol. The molecule has 0 fully saturated rings. The number of anilines is 2. The number of carbonyl (C=O) groups is 1. The first kappa shape index (κ1) is 18.4. The largest absolute Gasteiger partial charge is 0.328 e. The number of unbranched alkanes of at least 4 members (excludes halogenated alkanes) is 1. The minimum atomic E-state index is -3.76. The minimum Gasteiger partial charge on any atom is -0.328 e. The van der Waals surface area contributed by atoms with E-state index in [0.717, 1.165) is 19.4 Å². The van der Waals surface area contributed by atoms with E-state index in [4.69, 9.17) is 0 Å². The van der Waals surface area contributed by atoms with E-state index in [9.17, 15) is 13.2 Å². The molecule has 0 saturated carbocycles. The highest BCUT2D eigenvalue weighted by Gasteiger charge is 2.31. The number of fused-ring (bicyclic) bond motifs is 1. The van der Waals surface area contributed by atoms with Crippen LogP contribution in [0.1, 0.15) is 47.0 Å². The van der Waals surface area contributed by atoms with Gasteiger partial charge in [0, 0.05) is 25.6 Å². The van der Waals surface area contributed by atoms with Gasteiger partial charge >= 0.3 is 0 Å². The Bertz CT molecular complexity index is 754. The Hall–Kier alpha value is -1.89. The quantitative estimate of drug-likeness (QED) is 0.852. The highest BCUT2D eigenvalue weighted by Crippen LogP contribution is 2.35. The lowest BCUT2D eigenvalue weighted by atomic mass is 10.1. The lowest BCUT2D eigenvalue weighted by Crippen LogP contribution is -2.37. The van der Waals surface area contributed by atoms with Gasteiger partial charge in [-0.2, -0.15) is 8.42 Å². The van der Waals surface area contributed by atoms with Gasteiger partial charge in [0.1, 0.15) is 10.7 Å². The second kappa shape index (κ2) is 7.34. The third-order valence-corrected chi connectivity index (χ3v) is 5.05. The molecule has 1 heterocycles. The van der Waals surface area contributed by atoms with E-state index in [-0.39, 0.29) is 10.8 Å². The second-order valence-electron chi connectivity index (χ2n) is 6.45. The topological polar surface area (TPSA) is 78.8 Å². The van der Waals surface area contributed by atoms with Crippen LogP contribution in [0.3, 0.4) is 0 Å². The molecule has 0 bridgehead atoms. The Labute approximate surface area is 144 Å². The maximum Gasteiger partial charge on any atom is 0.286 e. The van der Waals surface area contributed by atoms with Crippen LogP contribution in [0.2, 0.25) is 0 Å². The van der Waals surface area contributed by atoms with Crippen molar-refractivity contribution in [3.8, 4) is 0 Å². The van der Waals surface area contributed by atoms with E-state index in [1.807, 2.05) is 18.7 Å². The summed E-state index contributed by atoms with van der Waals surface area (Å²) < 4.78 is 29.2. The van der Waals surface area contributed by atoms with Gasteiger partial charge in [0.15, 0.2) is 0 Å². The maximum absolute atomic E-state index is 12.6. The molecular weight excluding hydrogens is 326 g/mol. The number of nitrogens with one attached hydrogen (secondary N) is 1. The molecule has 2 rings (SSSR count). The molecule has 1 aromatic carbocycles. The molecule has 24 heavy (non-hydrogen) atoms. The summed E-state index contributed by atoms with van der Waals surface area (Å²) >= 11 is 0. The van der Waals surface area contributed by atoms with Crippen molar-refractivity contribution in [1.29, 1.82) is 0 Å². The molecule has 7 heteroatoms. The van der Waals surface area contributed by atoms with E-state index in [2.05, 4.69) is 16.6 Å². The van der Waals surface area contributed by atoms with Crippen LogP contribution in [-0.4, -0.2) is 26.7 Å². The third-order valence-electron chi connectivity index (χ3n) is 3.71. The zero-order valence-corrected chi connectivity index (χ0v) is 15.5. The average Bonchev–Trinajstić information content (AvgIpc) is 2.46. The van der Waals surface area contributed by atoms with Crippen LogP contribution in [0, 0.1) is 5.92 Å². The Balaban J connectivity index is 2.51. The SMILES string of the molecule is CCCCN1C(CC(C)C)=NS(=O)(=O)c2cc(NC(C)=O)ccc21. The minimum absolute atomic E-state index is 0.150. The molecule has 1 aliphatic rings. The summed E-state index contributed by atoms with van der Waals surface area (Å²) in [5.41, 5.74) is 1.10. The lowest BCUT2D eigenvalue weighted by molar-refractivity contribution is -0.114. The number of carbonyl (C=O) groups excluding carboxylic acids is 1. The van der Waals surface area contributed by atoms with Crippen molar-refractivity contribution < 1.29 is 13.2 Å². The normalized spacial score (nSPS) is 15.9. The Morgan fingerprint density at radius 1 is 1.33 bits per heavy atom. The standard InChI is InChI=1S/C17H25N3O3S/c1-5-6-9-20-15-8-7-14(18-13(4)21)11-16(15)24(22,23)19-17(20)10-12(2)3/h7-8,11-12H,5-6,9-10H2,1-4H3,(H,18,21). The molecule has 0 spiro atoms. The number of hydrogen-bond acceptors (Lipinski definition) is 4. The first-order chi connectivity index (χ1) is 11.2. The zero-order valence-electron chi connectivity index (χ0n) is 14.7. The van der Waals surface area contributed by atoms with Crippen molar-refractivity contribution in [2.45, 2.75) is 51.9 Å². The summed E-state index contributed by atoms with van der Waals surface area (Å²) in [6, 6.07) is 4.97. The van der Waals surface area contributed by atoms with Crippen molar-refractivity contribution in [1.82, 2.24) is 0 Å². The summed E-state index contributed by atoms with van der Waals surface area (Å²) in [6.07, 6.45) is 2.57. The molecule has 0 aliphatic carbocycles. The Morgan fingerprint density at radius 3 is 2.62 bits per heavy atom. The van der Waals surface area contributed by atoms with Gasteiger partial charge in [-0.15, -0.1) is 4.40 Å². The molecule has 1 N–H and O–H groups in total. The van der Waals surface area contributed by atoms with Crippen LogP contribution < -0.4 is 10.2 Å². The molecule has 1 amide bonds. The van der Waals surface area contributed by atoms with Crippen LogP contribution in [0.15, 0.2) is 27.5 Å². The number of hydrogen-bond donors (Lipinski definition) is 1. The zero-order chi connectivity index (χ0) is 17.9. The summed E-state index contributed by atoms with van der Waals surface area (Å²) in [4.78, 5) is 13.4. The number of nitrogens with zero attached hydrogens (tertiary/aromatic N) is 2. The summed E-state index contributed by atoms with van der Waals surface area (Å²) in [5.74, 6) is 0.663. The molecule has 1 aliphatic heterocycles. The van der Waals surface area contributed by atoms with Gasteiger partial charge < -0.3 is 10.2 Å². The summed E-state index contributed by atoms with van der Waals surface area (Å²) in [5, 5.41) is 2.62. The van der Waals surface area contributed by atoms with Gasteiger partial charge in [0.05, 0.1) is 5.69 Å². The van der Waals surface area contributed by atoms with E-state index in [0.29, 0.717) is 29.5 Å². The monoisotopic (exact) mass is 351 g/mol. The Kier molecular flexibility index (Phi) is 5.64. The van der Waals surface area contributed by atoms with Crippen molar-refractivity contribution in [3.05, 3.63) is 18.2 Å². The van der Waals surface area contributed by atoms with Crippen molar-refractivity contribution in [3.63, 3.8) is 0 Å². The third kappa shape index (κ3) is 4.14. The van der Waals surface area contributed by atoms with Crippen LogP contribution in [0.25, 0.3) is 0 Å². The molecular formula is C17H25N3O3S. The van der Waals surface area contributed by atoms with Crippen molar-refractivity contribution >= 4 is 33.1 Å². The van der Waals surface area contributed by atoms with E-state index in [1.54, 1.807) is 12.1 Å². The van der Waals surface area contributed by atoms with Crippen molar-refractivity contribution in [2.24, 2.45) is 10.3 Å². The predicted octanol–water partition coefficient (Wildman–Crippen LogP) is 3.40. The second-order valence-corrected chi connectivity index (χ2v) is 8.02. The fourth-order valence-electron chi connectivity index (χ4n) is 2.68. The fourth-order valence-corrected chi connectivity index (χ4v) is 3.95. The van der Waals surface area contributed by atoms with Gasteiger partial charge in [0.25, 0.3) is 10.0 Å². The van der Waals surface area contributed by atoms with Gasteiger partial charge in [-0.1, -0.05) is 27.2 Å². The number of sulfonamides is 1. The summed E-state index contributed by atoms with van der Waals surface area (Å²) in [6.45, 7) is 8.30. The van der Waals surface area contributed by atoms with Gasteiger partial charge in [0.2, 0.25) is 5.91 Å². The fraction of sp³-hybridized carbons (Fsp3) is 0.529. The molecule has 6 nitrogen and oxygen atoms in total. The van der Waals surface area contributed by atoms with Gasteiger partial charge in [-0.3, -0.25) is 4.79 Å². The highest BCUT2D eigenvalue weighted by molar-refractivity contribution is 7.90. The molecule has 1 aromatic rings. The molecule has 132 valence electrons. The molecule has 0 unspecified atom stereocenters. The number of benzene rings is 1. The van der Waals surface area contributed by atoms with Crippen LogP contribution in [-0.2, 0) is 14.8 Å². The number of rotatable bonds is 6. The molecule has 0 atom stereocenters. The molecule has 0 radical (unpaired) electrons. The van der Waals surface area contributed by atoms with Crippen LogP contribution in [0.4, 0.5) is 11.4 Å². The van der Waals surface area contributed by atoms with Crippen LogP contribution >= 0.6 is 0 Å². The Morgan fingerprint density at radius 2 is 2.04 bits per heavy atom. The molecule has 0 aromatic heterocycles. The van der Waals surface area contributed by atoms with Crippen molar-refractivity contribution in [2.75, 3.05) is 16.8 Å². The predicted molar refractivity (Wildman–Crippen MR) is 97.1 cm³/mol. The van der Waals surface area contributed by atoms with E-state index in [1.165, 1.54) is 13.0 Å². The van der Waals surface area contributed by atoms with Crippen LogP contribution in [0.5, 0.6) is 0 Å². The smallest absolute Gasteiger partial charge is 0.286 e. The first-order valence-corrected chi connectivity index (χ1v) is 9.71. The van der Waals surface area contributed by atoms with E-state index >= 15 is 0 Å². The first-order valence-electron chi connectivity index (χ1n) is 8.27. The number of amides is 1. The van der Waals surface area contributed by atoms with E-state index < -0.39 is 10.0 Å². The molecule has 0 saturated heterocycles. The van der Waals surface area contributed by atoms with Gasteiger partial charge in [-0.05, 0) is 30.5 Å².